The van der Waals surface area contributed by atoms with Gasteiger partial charge < -0.3 is 4.74 Å². The molecule has 0 amide bonds. The van der Waals surface area contributed by atoms with E-state index in [1.54, 1.807) is 0 Å². The number of benzene rings is 1. The molecule has 0 aliphatic carbocycles. The van der Waals surface area contributed by atoms with Crippen LogP contribution in [0, 0.1) is 13.8 Å². The van der Waals surface area contributed by atoms with E-state index in [4.69, 9.17) is 4.74 Å². The summed E-state index contributed by atoms with van der Waals surface area (Å²) < 4.78 is 5.92. The van der Waals surface area contributed by atoms with Crippen LogP contribution in [0.2, 0.25) is 0 Å². The maximum Gasteiger partial charge on any atom is 0.217 e. The van der Waals surface area contributed by atoms with Gasteiger partial charge in [-0.1, -0.05) is 30.3 Å². The van der Waals surface area contributed by atoms with Gasteiger partial charge >= 0.3 is 0 Å². The van der Waals surface area contributed by atoms with Crippen LogP contribution in [0.1, 0.15) is 28.5 Å². The fraction of sp³-hybridized carbons (Fsp3) is 0.267. The quantitative estimate of drug-likeness (QED) is 0.742. The molecule has 1 aromatic carbocycles. The van der Waals surface area contributed by atoms with Gasteiger partial charge in [0.25, 0.3) is 0 Å². The van der Waals surface area contributed by atoms with Crippen molar-refractivity contribution in [1.29, 1.82) is 0 Å². The third-order valence-electron chi connectivity index (χ3n) is 3.34. The molecule has 1 atom stereocenters. The summed E-state index contributed by atoms with van der Waals surface area (Å²) in [5, 5.41) is 0. The summed E-state index contributed by atoms with van der Waals surface area (Å²) in [6, 6.07) is 12.5. The molecule has 2 aromatic rings. The van der Waals surface area contributed by atoms with Gasteiger partial charge in [0.2, 0.25) is 5.88 Å². The van der Waals surface area contributed by atoms with Crippen LogP contribution in [0.4, 0.5) is 0 Å². The van der Waals surface area contributed by atoms with Gasteiger partial charge in [0.1, 0.15) is 6.10 Å². The minimum absolute atomic E-state index is 0.125. The van der Waals surface area contributed by atoms with Gasteiger partial charge in [-0.3, -0.25) is 0 Å². The lowest BCUT2D eigenvalue weighted by Crippen LogP contribution is -2.02. The maximum atomic E-state index is 5.92. The van der Waals surface area contributed by atoms with Crippen LogP contribution in [0.3, 0.4) is 0 Å². The number of nitrogens with zero attached hydrogens (tertiary/aromatic N) is 1. The molecule has 1 unspecified atom stereocenters. The van der Waals surface area contributed by atoms with Crippen molar-refractivity contribution in [3.8, 4) is 5.88 Å². The molecule has 3 rings (SSSR count). The molecular weight excluding hydrogens is 210 g/mol. The summed E-state index contributed by atoms with van der Waals surface area (Å²) in [6.45, 7) is 4.12. The minimum Gasteiger partial charge on any atom is -0.469 e. The van der Waals surface area contributed by atoms with E-state index in [1.165, 1.54) is 16.7 Å². The molecule has 0 saturated carbocycles. The molecule has 17 heavy (non-hydrogen) atoms. The molecule has 0 saturated heterocycles. The lowest BCUT2D eigenvalue weighted by molar-refractivity contribution is 0.230. The van der Waals surface area contributed by atoms with Crippen molar-refractivity contribution in [3.63, 3.8) is 0 Å². The van der Waals surface area contributed by atoms with Crippen LogP contribution in [0.5, 0.6) is 5.88 Å². The van der Waals surface area contributed by atoms with Crippen molar-refractivity contribution in [2.75, 3.05) is 0 Å². The minimum atomic E-state index is 0.125. The van der Waals surface area contributed by atoms with Crippen LogP contribution in [-0.4, -0.2) is 4.98 Å². The van der Waals surface area contributed by atoms with Crippen molar-refractivity contribution in [2.45, 2.75) is 26.4 Å². The normalized spacial score (nSPS) is 17.6. The molecule has 0 spiro atoms. The van der Waals surface area contributed by atoms with E-state index < -0.39 is 0 Å². The zero-order valence-corrected chi connectivity index (χ0v) is 10.1. The standard InChI is InChI=1S/C15H15NO/c1-10-8-13-9-14(12-6-4-3-5-7-12)17-15(13)16-11(10)2/h3-8,14H,9H2,1-2H3. The first-order valence-electron chi connectivity index (χ1n) is 5.93. The monoisotopic (exact) mass is 225 g/mol. The van der Waals surface area contributed by atoms with Crippen LogP contribution in [-0.2, 0) is 6.42 Å². The number of fused-ring (bicyclic) bond motifs is 1. The van der Waals surface area contributed by atoms with Gasteiger partial charge in [-0.15, -0.1) is 0 Å². The van der Waals surface area contributed by atoms with Crippen LogP contribution >= 0.6 is 0 Å². The Morgan fingerprint density at radius 3 is 2.71 bits per heavy atom. The SMILES string of the molecule is Cc1cc2c(nc1C)OC(c1ccccc1)C2. The smallest absolute Gasteiger partial charge is 0.217 e. The Bertz CT molecular complexity index is 517. The molecule has 0 N–H and O–H groups in total. The highest BCUT2D eigenvalue weighted by Crippen LogP contribution is 2.35. The number of hydrogen-bond donors (Lipinski definition) is 0. The van der Waals surface area contributed by atoms with Gasteiger partial charge in [0, 0.05) is 17.7 Å². The van der Waals surface area contributed by atoms with Crippen LogP contribution in [0.25, 0.3) is 0 Å². The number of aryl methyl sites for hydroxylation is 2. The maximum absolute atomic E-state index is 5.92. The first-order valence-corrected chi connectivity index (χ1v) is 5.93. The first-order chi connectivity index (χ1) is 8.24. The zero-order chi connectivity index (χ0) is 11.8. The predicted octanol–water partition coefficient (Wildman–Crippen LogP) is 3.37. The highest BCUT2D eigenvalue weighted by Gasteiger charge is 2.25. The van der Waals surface area contributed by atoms with Crippen molar-refractivity contribution in [2.24, 2.45) is 0 Å². The Kier molecular flexibility index (Phi) is 2.36. The van der Waals surface area contributed by atoms with Crippen molar-refractivity contribution >= 4 is 0 Å². The second-order valence-corrected chi connectivity index (χ2v) is 4.58. The Labute approximate surface area is 101 Å². The molecule has 0 fully saturated rings. The summed E-state index contributed by atoms with van der Waals surface area (Å²) in [7, 11) is 0. The molecule has 0 radical (unpaired) electrons. The molecule has 2 heterocycles. The summed E-state index contributed by atoms with van der Waals surface area (Å²) >= 11 is 0. The molecule has 2 heteroatoms. The Balaban J connectivity index is 1.93. The number of rotatable bonds is 1. The highest BCUT2D eigenvalue weighted by molar-refractivity contribution is 5.38. The largest absolute Gasteiger partial charge is 0.469 e. The Morgan fingerprint density at radius 2 is 1.94 bits per heavy atom. The number of pyridine rings is 1. The van der Waals surface area contributed by atoms with Crippen molar-refractivity contribution < 1.29 is 4.74 Å². The molecular formula is C15H15NO. The molecule has 1 aliphatic rings. The molecule has 86 valence electrons. The highest BCUT2D eigenvalue weighted by atomic mass is 16.5. The van der Waals surface area contributed by atoms with E-state index in [-0.39, 0.29) is 6.10 Å². The summed E-state index contributed by atoms with van der Waals surface area (Å²) in [5.74, 6) is 0.807. The topological polar surface area (TPSA) is 22.1 Å². The van der Waals surface area contributed by atoms with Crippen molar-refractivity contribution in [1.82, 2.24) is 4.98 Å². The van der Waals surface area contributed by atoms with E-state index in [0.717, 1.165) is 18.0 Å². The summed E-state index contributed by atoms with van der Waals surface area (Å²) in [4.78, 5) is 4.51. The predicted molar refractivity (Wildman–Crippen MR) is 67.2 cm³/mol. The second-order valence-electron chi connectivity index (χ2n) is 4.58. The lowest BCUT2D eigenvalue weighted by atomic mass is 10.0. The van der Waals surface area contributed by atoms with Crippen LogP contribution in [0.15, 0.2) is 36.4 Å². The van der Waals surface area contributed by atoms with Gasteiger partial charge in [-0.05, 0) is 31.0 Å². The first kappa shape index (κ1) is 10.3. The molecule has 2 nitrogen and oxygen atoms in total. The number of ether oxygens (including phenoxy) is 1. The summed E-state index contributed by atoms with van der Waals surface area (Å²) in [5.41, 5.74) is 4.74. The van der Waals surface area contributed by atoms with E-state index in [0.29, 0.717) is 0 Å². The number of hydrogen-bond acceptors (Lipinski definition) is 2. The molecule has 0 bridgehead atoms. The van der Waals surface area contributed by atoms with E-state index in [9.17, 15) is 0 Å². The Morgan fingerprint density at radius 1 is 1.18 bits per heavy atom. The number of aromatic nitrogens is 1. The van der Waals surface area contributed by atoms with Gasteiger partial charge in [0.05, 0.1) is 0 Å². The van der Waals surface area contributed by atoms with Gasteiger partial charge in [-0.25, -0.2) is 4.98 Å². The fourth-order valence-corrected chi connectivity index (χ4v) is 2.22. The average Bonchev–Trinajstić information content (AvgIpc) is 2.74. The van der Waals surface area contributed by atoms with Gasteiger partial charge in [0.15, 0.2) is 0 Å². The fourth-order valence-electron chi connectivity index (χ4n) is 2.22. The molecule has 1 aromatic heterocycles. The second kappa shape index (κ2) is 3.88. The zero-order valence-electron chi connectivity index (χ0n) is 10.1. The molecule has 1 aliphatic heterocycles. The summed E-state index contributed by atoms with van der Waals surface area (Å²) in [6.07, 6.45) is 1.05. The van der Waals surface area contributed by atoms with E-state index >= 15 is 0 Å². The van der Waals surface area contributed by atoms with Gasteiger partial charge in [-0.2, -0.15) is 0 Å². The lowest BCUT2D eigenvalue weighted by Gasteiger charge is -2.09. The van der Waals surface area contributed by atoms with E-state index in [1.807, 2.05) is 25.1 Å². The Hall–Kier alpha value is -1.83. The van der Waals surface area contributed by atoms with Crippen molar-refractivity contribution in [3.05, 3.63) is 58.8 Å². The van der Waals surface area contributed by atoms with E-state index in [2.05, 4.69) is 30.1 Å². The third kappa shape index (κ3) is 1.80. The van der Waals surface area contributed by atoms with Crippen LogP contribution < -0.4 is 4.74 Å². The third-order valence-corrected chi connectivity index (χ3v) is 3.34. The average molecular weight is 225 g/mol.